The van der Waals surface area contributed by atoms with Crippen molar-refractivity contribution >= 4 is 17.1 Å². The Labute approximate surface area is 199 Å². The Morgan fingerprint density at radius 1 is 1.26 bits per heavy atom. The van der Waals surface area contributed by atoms with Crippen LogP contribution in [0.15, 0.2) is 35.3 Å². The molecular weight excluding hydrogens is 432 g/mol. The van der Waals surface area contributed by atoms with Gasteiger partial charge in [-0.25, -0.2) is 9.78 Å². The fourth-order valence-electron chi connectivity index (χ4n) is 4.64. The summed E-state index contributed by atoms with van der Waals surface area (Å²) in [6, 6.07) is 7.67. The van der Waals surface area contributed by atoms with Crippen molar-refractivity contribution < 1.29 is 14.6 Å². The maximum atomic E-state index is 12.7. The van der Waals surface area contributed by atoms with Crippen LogP contribution in [-0.2, 0) is 24.9 Å². The second-order valence-electron chi connectivity index (χ2n) is 10.3. The molecule has 8 heteroatoms. The number of carbonyl (C=O) groups excluding carboxylic acids is 1. The molecule has 2 aromatic heterocycles. The van der Waals surface area contributed by atoms with Crippen molar-refractivity contribution in [1.82, 2.24) is 19.0 Å². The molecular formula is C26H34N4O4. The second kappa shape index (κ2) is 9.25. The first-order valence-corrected chi connectivity index (χ1v) is 11.8. The van der Waals surface area contributed by atoms with Crippen LogP contribution >= 0.6 is 0 Å². The summed E-state index contributed by atoms with van der Waals surface area (Å²) in [6.45, 7) is 9.40. The molecule has 0 spiro atoms. The maximum Gasteiger partial charge on any atom is 0.410 e. The fraction of sp³-hybridized carbons (Fsp3) is 0.500. The number of fused-ring (bicyclic) bond motifs is 1. The van der Waals surface area contributed by atoms with E-state index in [1.54, 1.807) is 16.5 Å². The lowest BCUT2D eigenvalue weighted by molar-refractivity contribution is 0.0158. The number of carbonyl (C=O) groups is 1. The number of aliphatic hydroxyl groups is 1. The molecule has 1 amide bonds. The number of likely N-dealkylation sites (tertiary alicyclic amines) is 1. The molecule has 0 bridgehead atoms. The van der Waals surface area contributed by atoms with E-state index in [0.29, 0.717) is 25.2 Å². The Hall–Kier alpha value is -3.13. The van der Waals surface area contributed by atoms with E-state index in [2.05, 4.69) is 4.57 Å². The van der Waals surface area contributed by atoms with Crippen LogP contribution in [0.3, 0.4) is 0 Å². The number of imidazole rings is 1. The second-order valence-corrected chi connectivity index (χ2v) is 10.3. The number of aromatic nitrogens is 3. The normalized spacial score (nSPS) is 16.8. The van der Waals surface area contributed by atoms with Crippen LogP contribution in [0.2, 0.25) is 0 Å². The number of pyridine rings is 1. The van der Waals surface area contributed by atoms with Gasteiger partial charge in [0.05, 0.1) is 17.6 Å². The molecule has 8 nitrogen and oxygen atoms in total. The summed E-state index contributed by atoms with van der Waals surface area (Å²) in [5.41, 5.74) is 3.53. The molecule has 3 aromatic rings. The van der Waals surface area contributed by atoms with Gasteiger partial charge in [-0.3, -0.25) is 4.79 Å². The summed E-state index contributed by atoms with van der Waals surface area (Å²) in [6.07, 6.45) is 3.46. The Morgan fingerprint density at radius 3 is 2.71 bits per heavy atom. The minimum absolute atomic E-state index is 0.0331. The van der Waals surface area contributed by atoms with Crippen molar-refractivity contribution in [1.29, 1.82) is 0 Å². The fourth-order valence-corrected chi connectivity index (χ4v) is 4.64. The molecule has 1 saturated heterocycles. The Kier molecular flexibility index (Phi) is 6.53. The number of amides is 1. The van der Waals surface area contributed by atoms with Crippen molar-refractivity contribution in [2.45, 2.75) is 59.3 Å². The van der Waals surface area contributed by atoms with E-state index in [1.807, 2.05) is 58.2 Å². The number of ether oxygens (including phenoxy) is 1. The van der Waals surface area contributed by atoms with Gasteiger partial charge in [0.25, 0.3) is 5.56 Å². The van der Waals surface area contributed by atoms with Crippen LogP contribution < -0.4 is 5.56 Å². The highest BCUT2D eigenvalue weighted by Gasteiger charge is 2.29. The van der Waals surface area contributed by atoms with E-state index in [1.165, 1.54) is 0 Å². The summed E-state index contributed by atoms with van der Waals surface area (Å²) in [5.74, 6) is 1.02. The first-order chi connectivity index (χ1) is 16.1. The molecule has 1 fully saturated rings. The van der Waals surface area contributed by atoms with Crippen LogP contribution in [0, 0.1) is 12.8 Å². The monoisotopic (exact) mass is 466 g/mol. The van der Waals surface area contributed by atoms with Gasteiger partial charge in [-0.05, 0) is 70.2 Å². The molecule has 4 rings (SSSR count). The molecule has 3 heterocycles. The van der Waals surface area contributed by atoms with Crippen molar-refractivity contribution in [3.63, 3.8) is 0 Å². The predicted molar refractivity (Wildman–Crippen MR) is 132 cm³/mol. The van der Waals surface area contributed by atoms with E-state index in [9.17, 15) is 14.7 Å². The van der Waals surface area contributed by atoms with Crippen LogP contribution in [0.4, 0.5) is 4.79 Å². The molecule has 1 N–H and O–H groups in total. The minimum atomic E-state index is -0.525. The third-order valence-electron chi connectivity index (χ3n) is 6.23. The zero-order valence-electron chi connectivity index (χ0n) is 20.7. The average molecular weight is 467 g/mol. The van der Waals surface area contributed by atoms with Crippen molar-refractivity contribution in [3.05, 3.63) is 51.9 Å². The van der Waals surface area contributed by atoms with Crippen molar-refractivity contribution in [3.8, 4) is 11.4 Å². The summed E-state index contributed by atoms with van der Waals surface area (Å²) >= 11 is 0. The van der Waals surface area contributed by atoms with Gasteiger partial charge >= 0.3 is 6.09 Å². The van der Waals surface area contributed by atoms with Gasteiger partial charge in [0.1, 0.15) is 11.4 Å². The number of nitrogens with zero attached hydrogens (tertiary/aromatic N) is 4. The standard InChI is InChI=1S/C26H34N4O4/c1-17-11-20(15-28(5)24(17)32)23-27-21-12-18(16-31)8-9-22(21)30(23)14-19-7-6-10-29(13-19)25(33)34-26(2,3)4/h8-9,11-12,15,19,31H,6-7,10,13-14,16H2,1-5H3. The van der Waals surface area contributed by atoms with Crippen LogP contribution in [0.25, 0.3) is 22.4 Å². The molecule has 1 aromatic carbocycles. The molecule has 182 valence electrons. The topological polar surface area (TPSA) is 89.6 Å². The summed E-state index contributed by atoms with van der Waals surface area (Å²) < 4.78 is 9.36. The highest BCUT2D eigenvalue weighted by molar-refractivity contribution is 5.81. The first kappa shape index (κ1) is 24.0. The molecule has 1 aliphatic heterocycles. The molecule has 34 heavy (non-hydrogen) atoms. The van der Waals surface area contributed by atoms with Gasteiger partial charge in [-0.1, -0.05) is 6.07 Å². The number of rotatable bonds is 4. The summed E-state index contributed by atoms with van der Waals surface area (Å²) in [4.78, 5) is 31.6. The molecule has 1 unspecified atom stereocenters. The zero-order chi connectivity index (χ0) is 24.6. The Balaban J connectivity index is 1.70. The number of hydrogen-bond acceptors (Lipinski definition) is 5. The highest BCUT2D eigenvalue weighted by Crippen LogP contribution is 2.29. The highest BCUT2D eigenvalue weighted by atomic mass is 16.6. The lowest BCUT2D eigenvalue weighted by Gasteiger charge is -2.34. The van der Waals surface area contributed by atoms with Crippen molar-refractivity contribution in [2.24, 2.45) is 13.0 Å². The van der Waals surface area contributed by atoms with E-state index < -0.39 is 5.60 Å². The predicted octanol–water partition coefficient (Wildman–Crippen LogP) is 3.85. The van der Waals surface area contributed by atoms with E-state index in [-0.39, 0.29) is 24.2 Å². The SMILES string of the molecule is Cc1cc(-c2nc3cc(CO)ccc3n2CC2CCCN(C(=O)OC(C)(C)C)C2)cn(C)c1=O. The van der Waals surface area contributed by atoms with E-state index in [0.717, 1.165) is 40.8 Å². The van der Waals surface area contributed by atoms with Gasteiger partial charge in [0.15, 0.2) is 0 Å². The summed E-state index contributed by atoms with van der Waals surface area (Å²) in [5, 5.41) is 9.59. The maximum absolute atomic E-state index is 12.7. The molecule has 0 aliphatic carbocycles. The third kappa shape index (κ3) is 5.01. The molecule has 0 saturated carbocycles. The van der Waals surface area contributed by atoms with Crippen LogP contribution in [-0.4, -0.2) is 48.9 Å². The molecule has 0 radical (unpaired) electrons. The van der Waals surface area contributed by atoms with E-state index >= 15 is 0 Å². The van der Waals surface area contributed by atoms with Gasteiger partial charge in [0, 0.05) is 44.0 Å². The number of aliphatic hydroxyl groups excluding tert-OH is 1. The summed E-state index contributed by atoms with van der Waals surface area (Å²) in [7, 11) is 1.75. The number of hydrogen-bond donors (Lipinski definition) is 1. The average Bonchev–Trinajstić information content (AvgIpc) is 3.13. The zero-order valence-corrected chi connectivity index (χ0v) is 20.7. The van der Waals surface area contributed by atoms with Gasteiger partial charge in [0.2, 0.25) is 0 Å². The van der Waals surface area contributed by atoms with Gasteiger partial charge in [-0.2, -0.15) is 0 Å². The van der Waals surface area contributed by atoms with Crippen LogP contribution in [0.1, 0.15) is 44.7 Å². The number of piperidine rings is 1. The lowest BCUT2D eigenvalue weighted by Crippen LogP contribution is -2.43. The first-order valence-electron chi connectivity index (χ1n) is 11.8. The van der Waals surface area contributed by atoms with Gasteiger partial charge in [-0.15, -0.1) is 0 Å². The Bertz CT molecular complexity index is 1240. The Morgan fingerprint density at radius 2 is 2.03 bits per heavy atom. The quantitative estimate of drug-likeness (QED) is 0.631. The van der Waals surface area contributed by atoms with Gasteiger partial charge < -0.3 is 23.9 Å². The number of aryl methyl sites for hydroxylation is 2. The lowest BCUT2D eigenvalue weighted by atomic mass is 9.98. The van der Waals surface area contributed by atoms with Crippen LogP contribution in [0.5, 0.6) is 0 Å². The minimum Gasteiger partial charge on any atom is -0.444 e. The van der Waals surface area contributed by atoms with Crippen molar-refractivity contribution in [2.75, 3.05) is 13.1 Å². The van der Waals surface area contributed by atoms with E-state index in [4.69, 9.17) is 9.72 Å². The molecule has 1 aliphatic rings. The number of benzene rings is 1. The smallest absolute Gasteiger partial charge is 0.410 e. The third-order valence-corrected chi connectivity index (χ3v) is 6.23. The largest absolute Gasteiger partial charge is 0.444 e. The molecule has 1 atom stereocenters.